The highest BCUT2D eigenvalue weighted by Gasteiger charge is 2.36. The smallest absolute Gasteiger partial charge is 0.258 e. The largest absolute Gasteiger partial charge is 0.467 e. The van der Waals surface area contributed by atoms with Crippen LogP contribution >= 0.6 is 0 Å². The average Bonchev–Trinajstić information content (AvgIpc) is 3.28. The van der Waals surface area contributed by atoms with Crippen LogP contribution in [0.4, 0.5) is 10.2 Å². The van der Waals surface area contributed by atoms with Crippen molar-refractivity contribution in [3.63, 3.8) is 0 Å². The molecule has 3 atom stereocenters. The number of hydrogen-bond acceptors (Lipinski definition) is 8. The number of aryl methyl sites for hydroxylation is 1. The third-order valence-corrected chi connectivity index (χ3v) is 8.74. The lowest BCUT2D eigenvalue weighted by atomic mass is 10.0. The van der Waals surface area contributed by atoms with Crippen LogP contribution in [-0.2, 0) is 23.2 Å². The summed E-state index contributed by atoms with van der Waals surface area (Å²) in [5, 5.41) is 13.9. The number of nitrogens with zero attached hydrogens (tertiary/aromatic N) is 6. The second-order valence-electron chi connectivity index (χ2n) is 7.83. The minimum Gasteiger partial charge on any atom is -0.467 e. The van der Waals surface area contributed by atoms with Gasteiger partial charge in [0, 0.05) is 25.6 Å². The van der Waals surface area contributed by atoms with Crippen molar-refractivity contribution in [2.24, 2.45) is 11.4 Å². The number of nitrogens with two attached hydrogens (primary N) is 1. The molecule has 11 heteroatoms. The van der Waals surface area contributed by atoms with Gasteiger partial charge in [0.15, 0.2) is 5.82 Å². The topological polar surface area (TPSA) is 132 Å². The predicted molar refractivity (Wildman–Crippen MR) is 115 cm³/mol. The summed E-state index contributed by atoms with van der Waals surface area (Å²) >= 11 is 0. The number of rotatable bonds is 0. The van der Waals surface area contributed by atoms with E-state index < -0.39 is 21.7 Å². The third kappa shape index (κ3) is 3.02. The van der Waals surface area contributed by atoms with E-state index in [1.54, 1.807) is 14.0 Å². The van der Waals surface area contributed by atoms with E-state index in [0.29, 0.717) is 52.5 Å². The lowest BCUT2D eigenvalue weighted by molar-refractivity contribution is 0.215. The van der Waals surface area contributed by atoms with Gasteiger partial charge in [0.2, 0.25) is 0 Å². The van der Waals surface area contributed by atoms with Crippen LogP contribution in [0.15, 0.2) is 33.7 Å². The number of ether oxygens (including phenoxy) is 1. The molecule has 2 bridgehead atoms. The van der Waals surface area contributed by atoms with Crippen molar-refractivity contribution in [3.8, 4) is 23.2 Å². The van der Waals surface area contributed by atoms with E-state index in [4.69, 9.17) is 10.5 Å². The maximum atomic E-state index is 14.2. The Morgan fingerprint density at radius 3 is 3.00 bits per heavy atom. The maximum absolute atomic E-state index is 14.2. The van der Waals surface area contributed by atoms with Gasteiger partial charge in [-0.25, -0.2) is 22.9 Å². The van der Waals surface area contributed by atoms with E-state index in [2.05, 4.69) is 25.5 Å². The van der Waals surface area contributed by atoms with Crippen molar-refractivity contribution in [3.05, 3.63) is 47.2 Å². The van der Waals surface area contributed by atoms with Crippen molar-refractivity contribution in [2.45, 2.75) is 36.0 Å². The van der Waals surface area contributed by atoms with Gasteiger partial charge in [-0.15, -0.1) is 0 Å². The Morgan fingerprint density at radius 1 is 1.41 bits per heavy atom. The summed E-state index contributed by atoms with van der Waals surface area (Å²) in [5.74, 6) is -0.381. The molecule has 0 saturated heterocycles. The molecule has 0 spiro atoms. The fraction of sp³-hybridized carbons (Fsp3) is 0.333. The van der Waals surface area contributed by atoms with E-state index >= 15 is 0 Å². The summed E-state index contributed by atoms with van der Waals surface area (Å²) in [7, 11) is -1.23. The highest BCUT2D eigenvalue weighted by atomic mass is 32.2. The number of nitriles is 1. The van der Waals surface area contributed by atoms with Crippen molar-refractivity contribution in [1.29, 1.82) is 5.26 Å². The van der Waals surface area contributed by atoms with Gasteiger partial charge in [0.1, 0.15) is 23.7 Å². The number of halogens is 1. The molecule has 1 unspecified atom stereocenters. The van der Waals surface area contributed by atoms with Gasteiger partial charge >= 0.3 is 0 Å². The zero-order chi connectivity index (χ0) is 22.6. The van der Waals surface area contributed by atoms with Crippen molar-refractivity contribution >= 4 is 15.5 Å². The van der Waals surface area contributed by atoms with Crippen molar-refractivity contribution in [2.75, 3.05) is 12.3 Å². The monoisotopic (exact) mass is 453 g/mol. The normalized spacial score (nSPS) is 23.9. The van der Waals surface area contributed by atoms with E-state index in [0.717, 1.165) is 0 Å². The van der Waals surface area contributed by atoms with Crippen LogP contribution in [0.5, 0.6) is 5.88 Å². The number of hydrogen-bond donors (Lipinski definition) is 1. The summed E-state index contributed by atoms with van der Waals surface area (Å²) in [6.45, 7) is 2.13. The lowest BCUT2D eigenvalue weighted by Crippen LogP contribution is -2.23. The summed E-state index contributed by atoms with van der Waals surface area (Å²) in [5.41, 5.74) is 8.19. The molecular weight excluding hydrogens is 433 g/mol. The van der Waals surface area contributed by atoms with Crippen LogP contribution in [0.25, 0.3) is 11.3 Å². The van der Waals surface area contributed by atoms with Crippen LogP contribution in [0.2, 0.25) is 0 Å². The Bertz CT molecular complexity index is 1420. The zero-order valence-electron chi connectivity index (χ0n) is 17.4. The molecule has 1 aromatic carbocycles. The van der Waals surface area contributed by atoms with Gasteiger partial charge in [0.25, 0.3) is 5.88 Å². The quantitative estimate of drug-likeness (QED) is 0.553. The number of nitrogen functional groups attached to an aromatic ring is 1. The number of anilines is 1. The van der Waals surface area contributed by atoms with E-state index in [1.165, 1.54) is 29.1 Å². The maximum Gasteiger partial charge on any atom is 0.258 e. The third-order valence-electron chi connectivity index (χ3n) is 5.87. The first-order valence-corrected chi connectivity index (χ1v) is 11.7. The lowest BCUT2D eigenvalue weighted by Gasteiger charge is -2.23. The van der Waals surface area contributed by atoms with Gasteiger partial charge in [-0.05, 0) is 31.5 Å². The summed E-state index contributed by atoms with van der Waals surface area (Å²) in [6, 6.07) is 6.28. The minimum atomic E-state index is -2.90. The molecule has 0 fully saturated rings. The van der Waals surface area contributed by atoms with Gasteiger partial charge in [-0.3, -0.25) is 4.68 Å². The molecule has 2 aliphatic rings. The van der Waals surface area contributed by atoms with Crippen LogP contribution in [0.1, 0.15) is 36.4 Å². The number of benzene rings is 1. The summed E-state index contributed by atoms with van der Waals surface area (Å²) in [4.78, 5) is 9.15. The first-order chi connectivity index (χ1) is 15.3. The van der Waals surface area contributed by atoms with Crippen molar-refractivity contribution < 1.29 is 13.3 Å². The van der Waals surface area contributed by atoms with Gasteiger partial charge in [0.05, 0.1) is 43.0 Å². The number of fused-ring (bicyclic) bond motifs is 7. The molecule has 2 aliphatic heterocycles. The molecular formula is C21H20FN7O2S. The zero-order valence-corrected chi connectivity index (χ0v) is 18.3. The summed E-state index contributed by atoms with van der Waals surface area (Å²) < 4.78 is 40.4. The Balaban J connectivity index is 1.82. The summed E-state index contributed by atoms with van der Waals surface area (Å²) in [6.07, 6.45) is 1.65. The van der Waals surface area contributed by atoms with Crippen LogP contribution in [0.3, 0.4) is 0 Å². The van der Waals surface area contributed by atoms with Crippen molar-refractivity contribution in [1.82, 2.24) is 19.7 Å². The molecule has 0 amide bonds. The van der Waals surface area contributed by atoms with Crippen LogP contribution < -0.4 is 10.5 Å². The molecule has 0 aliphatic carbocycles. The SMILES string of the molecule is C[C@H]1Oc2nc(cnc2N)-c2c(nn(C)c2C#N)C[C@@H]2CCN=S2(=O)c2ccc(F)cc21. The molecule has 2 aromatic heterocycles. The standard InChI is InChI=1S/C21H20FN7O2S/c1-11-14-7-12(22)3-4-18(14)32(30)13(5-6-26-32)8-15-19(17(9-23)29(2)28-15)16-10-25-20(24)21(27-16)31-11/h3-4,7,10-11,13H,5-6,8H2,1-2H3,(H2,24,25)/t11-,13+,32?/m1/s1. The van der Waals surface area contributed by atoms with Gasteiger partial charge in [-0.1, -0.05) is 0 Å². The van der Waals surface area contributed by atoms with Crippen LogP contribution in [0, 0.1) is 17.1 Å². The molecule has 5 rings (SSSR count). The molecule has 2 N–H and O–H groups in total. The van der Waals surface area contributed by atoms with Gasteiger partial charge in [-0.2, -0.15) is 10.4 Å². The number of aromatic nitrogens is 4. The molecule has 3 aromatic rings. The fourth-order valence-electron chi connectivity index (χ4n) is 4.32. The van der Waals surface area contributed by atoms with E-state index in [-0.39, 0.29) is 16.9 Å². The Morgan fingerprint density at radius 2 is 2.22 bits per heavy atom. The first-order valence-electron chi connectivity index (χ1n) is 10.1. The molecule has 0 saturated carbocycles. The Kier molecular flexibility index (Phi) is 4.63. The molecule has 9 nitrogen and oxygen atoms in total. The molecule has 4 heterocycles. The van der Waals surface area contributed by atoms with E-state index in [1.807, 2.05) is 0 Å². The fourth-order valence-corrected chi connectivity index (χ4v) is 7.04. The Labute approximate surface area is 184 Å². The second-order valence-corrected chi connectivity index (χ2v) is 10.3. The predicted octanol–water partition coefficient (Wildman–Crippen LogP) is 2.77. The Hall–Kier alpha value is -3.52. The molecule has 164 valence electrons. The average molecular weight is 454 g/mol. The molecule has 0 radical (unpaired) electrons. The molecule has 32 heavy (non-hydrogen) atoms. The minimum absolute atomic E-state index is 0.0411. The highest BCUT2D eigenvalue weighted by Crippen LogP contribution is 2.38. The second kappa shape index (κ2) is 7.27. The van der Waals surface area contributed by atoms with Gasteiger partial charge < -0.3 is 10.5 Å². The van der Waals surface area contributed by atoms with Crippen LogP contribution in [-0.4, -0.2) is 35.8 Å². The first kappa shape index (κ1) is 20.4. The van der Waals surface area contributed by atoms with E-state index in [9.17, 15) is 13.9 Å². The highest BCUT2D eigenvalue weighted by molar-refractivity contribution is 7.94.